The van der Waals surface area contributed by atoms with E-state index in [4.69, 9.17) is 20.4 Å². The van der Waals surface area contributed by atoms with Crippen molar-refractivity contribution in [2.45, 2.75) is 37.0 Å². The molecular formula is C21H28N8O3S. The molecule has 2 aromatic rings. The summed E-state index contributed by atoms with van der Waals surface area (Å²) in [5.41, 5.74) is 8.40. The molecule has 176 valence electrons. The van der Waals surface area contributed by atoms with Crippen molar-refractivity contribution in [1.29, 1.82) is 0 Å². The van der Waals surface area contributed by atoms with E-state index in [1.165, 1.54) is 0 Å². The predicted molar refractivity (Wildman–Crippen MR) is 123 cm³/mol. The standard InChI is InChI=1S/C21H28N8O3S/c22-20-23-11-14(12-24-20)18-17-4-6-29(15-3-5-28(13-15)33(30,31)16-1-2-16)19(17)26-21(25-18)27-7-9-32-10-8-27/h11-12,15-16H,1-10,13H2,(H2,22,23,24). The van der Waals surface area contributed by atoms with Crippen molar-refractivity contribution < 1.29 is 13.2 Å². The Labute approximate surface area is 193 Å². The number of ether oxygens (including phenoxy) is 1. The van der Waals surface area contributed by atoms with Gasteiger partial charge in [-0.1, -0.05) is 0 Å². The van der Waals surface area contributed by atoms with Gasteiger partial charge in [-0.2, -0.15) is 9.29 Å². The Balaban J connectivity index is 1.35. The van der Waals surface area contributed by atoms with Crippen LogP contribution in [0, 0.1) is 0 Å². The molecule has 1 unspecified atom stereocenters. The minimum Gasteiger partial charge on any atom is -0.378 e. The van der Waals surface area contributed by atoms with E-state index in [0.717, 1.165) is 68.0 Å². The Morgan fingerprint density at radius 3 is 2.48 bits per heavy atom. The molecule has 0 bridgehead atoms. The summed E-state index contributed by atoms with van der Waals surface area (Å²) in [6.07, 6.45) is 6.59. The lowest BCUT2D eigenvalue weighted by Crippen LogP contribution is -2.40. The molecule has 33 heavy (non-hydrogen) atoms. The van der Waals surface area contributed by atoms with Crippen LogP contribution in [0.2, 0.25) is 0 Å². The van der Waals surface area contributed by atoms with Crippen LogP contribution in [0.3, 0.4) is 0 Å². The van der Waals surface area contributed by atoms with Crippen LogP contribution < -0.4 is 15.5 Å². The number of rotatable bonds is 5. The summed E-state index contributed by atoms with van der Waals surface area (Å²) >= 11 is 0. The van der Waals surface area contributed by atoms with Crippen LogP contribution in [0.4, 0.5) is 17.7 Å². The second-order valence-electron chi connectivity index (χ2n) is 9.09. The topological polar surface area (TPSA) is 131 Å². The molecule has 0 aromatic carbocycles. The van der Waals surface area contributed by atoms with E-state index >= 15 is 0 Å². The molecule has 2 saturated heterocycles. The molecule has 11 nitrogen and oxygen atoms in total. The Kier molecular flexibility index (Phi) is 5.11. The first kappa shape index (κ1) is 21.0. The maximum Gasteiger partial charge on any atom is 0.228 e. The normalized spacial score (nSPS) is 23.8. The van der Waals surface area contributed by atoms with Gasteiger partial charge in [-0.3, -0.25) is 0 Å². The number of nitrogens with two attached hydrogens (primary N) is 1. The minimum absolute atomic E-state index is 0.114. The summed E-state index contributed by atoms with van der Waals surface area (Å²) in [5.74, 6) is 1.78. The summed E-state index contributed by atoms with van der Waals surface area (Å²) in [7, 11) is -3.16. The fraction of sp³-hybridized carbons (Fsp3) is 0.619. The summed E-state index contributed by atoms with van der Waals surface area (Å²) in [4.78, 5) is 22.7. The highest BCUT2D eigenvalue weighted by Gasteiger charge is 2.44. The molecule has 0 amide bonds. The van der Waals surface area contributed by atoms with Crippen molar-refractivity contribution in [3.8, 4) is 11.3 Å². The number of anilines is 3. The average Bonchev–Trinajstić information content (AvgIpc) is 3.44. The highest BCUT2D eigenvalue weighted by molar-refractivity contribution is 7.90. The van der Waals surface area contributed by atoms with Crippen LogP contribution in [0.15, 0.2) is 12.4 Å². The quantitative estimate of drug-likeness (QED) is 0.647. The first-order valence-corrected chi connectivity index (χ1v) is 13.1. The van der Waals surface area contributed by atoms with E-state index in [0.29, 0.717) is 32.3 Å². The molecule has 3 fully saturated rings. The molecule has 3 aliphatic heterocycles. The van der Waals surface area contributed by atoms with Crippen LogP contribution in [0.25, 0.3) is 11.3 Å². The minimum atomic E-state index is -3.16. The van der Waals surface area contributed by atoms with Crippen LogP contribution >= 0.6 is 0 Å². The lowest BCUT2D eigenvalue weighted by Gasteiger charge is -2.30. The number of nitrogen functional groups attached to an aromatic ring is 1. The predicted octanol–water partition coefficient (Wildman–Crippen LogP) is 0.281. The van der Waals surface area contributed by atoms with Gasteiger partial charge in [0.25, 0.3) is 0 Å². The Morgan fingerprint density at radius 2 is 1.76 bits per heavy atom. The molecule has 1 aliphatic carbocycles. The molecule has 1 saturated carbocycles. The molecular weight excluding hydrogens is 444 g/mol. The first-order valence-electron chi connectivity index (χ1n) is 11.6. The average molecular weight is 473 g/mol. The smallest absolute Gasteiger partial charge is 0.228 e. The summed E-state index contributed by atoms with van der Waals surface area (Å²) < 4.78 is 32.7. The second-order valence-corrected chi connectivity index (χ2v) is 11.3. The number of hydrogen-bond donors (Lipinski definition) is 1. The highest BCUT2D eigenvalue weighted by Crippen LogP contribution is 2.39. The number of morpholine rings is 1. The van der Waals surface area contributed by atoms with Gasteiger partial charge in [-0.05, 0) is 25.7 Å². The van der Waals surface area contributed by atoms with E-state index in [-0.39, 0.29) is 17.2 Å². The Bertz CT molecular complexity index is 1150. The van der Waals surface area contributed by atoms with Gasteiger partial charge in [-0.15, -0.1) is 0 Å². The molecule has 4 aliphatic rings. The van der Waals surface area contributed by atoms with Gasteiger partial charge in [0, 0.05) is 62.3 Å². The summed E-state index contributed by atoms with van der Waals surface area (Å²) in [6.45, 7) is 4.63. The molecule has 1 atom stereocenters. The zero-order chi connectivity index (χ0) is 22.6. The van der Waals surface area contributed by atoms with Crippen molar-refractivity contribution in [3.63, 3.8) is 0 Å². The third kappa shape index (κ3) is 3.79. The zero-order valence-electron chi connectivity index (χ0n) is 18.4. The molecule has 2 N–H and O–H groups in total. The fourth-order valence-corrected chi connectivity index (χ4v) is 6.89. The lowest BCUT2D eigenvalue weighted by atomic mass is 10.1. The summed E-state index contributed by atoms with van der Waals surface area (Å²) in [5, 5.41) is -0.172. The van der Waals surface area contributed by atoms with Gasteiger partial charge in [0.15, 0.2) is 0 Å². The van der Waals surface area contributed by atoms with E-state index in [2.05, 4.69) is 19.8 Å². The van der Waals surface area contributed by atoms with Crippen molar-refractivity contribution >= 4 is 27.7 Å². The molecule has 12 heteroatoms. The van der Waals surface area contributed by atoms with Crippen molar-refractivity contribution in [2.24, 2.45) is 0 Å². The van der Waals surface area contributed by atoms with Gasteiger partial charge < -0.3 is 20.3 Å². The third-order valence-electron chi connectivity index (χ3n) is 6.96. The van der Waals surface area contributed by atoms with Crippen LogP contribution in [-0.4, -0.2) is 89.9 Å². The first-order chi connectivity index (χ1) is 16.0. The second kappa shape index (κ2) is 8.03. The van der Waals surface area contributed by atoms with E-state index in [9.17, 15) is 8.42 Å². The van der Waals surface area contributed by atoms with Gasteiger partial charge in [0.05, 0.1) is 24.2 Å². The third-order valence-corrected chi connectivity index (χ3v) is 9.33. The highest BCUT2D eigenvalue weighted by atomic mass is 32.2. The van der Waals surface area contributed by atoms with Crippen LogP contribution in [-0.2, 0) is 21.2 Å². The van der Waals surface area contributed by atoms with Gasteiger partial charge in [0.1, 0.15) is 5.82 Å². The lowest BCUT2D eigenvalue weighted by molar-refractivity contribution is 0.122. The number of sulfonamides is 1. The maximum absolute atomic E-state index is 12.8. The molecule has 6 rings (SSSR count). The maximum atomic E-state index is 12.8. The molecule has 0 radical (unpaired) electrons. The zero-order valence-corrected chi connectivity index (χ0v) is 19.2. The molecule has 5 heterocycles. The number of fused-ring (bicyclic) bond motifs is 1. The van der Waals surface area contributed by atoms with Crippen molar-refractivity contribution in [2.75, 3.05) is 61.5 Å². The van der Waals surface area contributed by atoms with Gasteiger partial charge in [0.2, 0.25) is 21.9 Å². The van der Waals surface area contributed by atoms with Gasteiger partial charge >= 0.3 is 0 Å². The number of nitrogens with zero attached hydrogens (tertiary/aromatic N) is 7. The van der Waals surface area contributed by atoms with Gasteiger partial charge in [-0.25, -0.2) is 23.4 Å². The van der Waals surface area contributed by atoms with Crippen molar-refractivity contribution in [3.05, 3.63) is 18.0 Å². The Hall–Kier alpha value is -2.57. The molecule has 2 aromatic heterocycles. The Morgan fingerprint density at radius 1 is 1.00 bits per heavy atom. The fourth-order valence-electron chi connectivity index (χ4n) is 5.00. The van der Waals surface area contributed by atoms with E-state index in [1.807, 2.05) is 0 Å². The number of aromatic nitrogens is 4. The van der Waals surface area contributed by atoms with E-state index < -0.39 is 10.0 Å². The number of hydrogen-bond acceptors (Lipinski definition) is 10. The van der Waals surface area contributed by atoms with Crippen LogP contribution in [0.1, 0.15) is 24.8 Å². The van der Waals surface area contributed by atoms with Crippen molar-refractivity contribution in [1.82, 2.24) is 24.2 Å². The monoisotopic (exact) mass is 472 g/mol. The van der Waals surface area contributed by atoms with E-state index in [1.54, 1.807) is 16.7 Å². The molecule has 0 spiro atoms. The SMILES string of the molecule is Nc1ncc(-c2nc(N3CCOCC3)nc3c2CCN3C2CCN(S(=O)(=O)C3CC3)C2)cn1. The largest absolute Gasteiger partial charge is 0.378 e. The van der Waals surface area contributed by atoms with Crippen LogP contribution in [0.5, 0.6) is 0 Å². The summed E-state index contributed by atoms with van der Waals surface area (Å²) in [6, 6.07) is 0.114.